The topological polar surface area (TPSA) is 67.2 Å². The van der Waals surface area contributed by atoms with E-state index in [0.29, 0.717) is 11.3 Å². The van der Waals surface area contributed by atoms with Crippen LogP contribution in [0, 0.1) is 18.6 Å². The van der Waals surface area contributed by atoms with Gasteiger partial charge in [-0.05, 0) is 19.1 Å². The van der Waals surface area contributed by atoms with E-state index in [-0.39, 0.29) is 6.54 Å². The second kappa shape index (κ2) is 6.01. The molecule has 0 bridgehead atoms. The number of rotatable bonds is 4. The zero-order valence-corrected chi connectivity index (χ0v) is 11.6. The van der Waals surface area contributed by atoms with Crippen LogP contribution in [0.25, 0.3) is 0 Å². The van der Waals surface area contributed by atoms with Gasteiger partial charge in [0, 0.05) is 19.8 Å². The van der Waals surface area contributed by atoms with Crippen LogP contribution in [0.15, 0.2) is 24.4 Å². The lowest BCUT2D eigenvalue weighted by Crippen LogP contribution is -2.29. The van der Waals surface area contributed by atoms with Crippen LogP contribution < -0.4 is 5.32 Å². The highest BCUT2D eigenvalue weighted by Gasteiger charge is 2.19. The van der Waals surface area contributed by atoms with Crippen molar-refractivity contribution in [3.63, 3.8) is 0 Å². The van der Waals surface area contributed by atoms with E-state index in [1.807, 2.05) is 0 Å². The summed E-state index contributed by atoms with van der Waals surface area (Å²) in [7, 11) is 1.67. The lowest BCUT2D eigenvalue weighted by Gasteiger charge is -2.13. The largest absolute Gasteiger partial charge is 0.386 e. The molecular formula is C14H15F2N3O2. The number of carbonyl (C=O) groups is 1. The van der Waals surface area contributed by atoms with Gasteiger partial charge < -0.3 is 10.4 Å². The maximum Gasteiger partial charge on any atom is 0.254 e. The molecule has 0 saturated carbocycles. The minimum atomic E-state index is -1.47. The van der Waals surface area contributed by atoms with Crippen molar-refractivity contribution in [2.45, 2.75) is 13.0 Å². The van der Waals surface area contributed by atoms with Crippen molar-refractivity contribution >= 4 is 5.91 Å². The van der Waals surface area contributed by atoms with E-state index >= 15 is 0 Å². The van der Waals surface area contributed by atoms with Crippen LogP contribution in [0.3, 0.4) is 0 Å². The molecule has 1 aromatic carbocycles. The second-order valence-corrected chi connectivity index (χ2v) is 4.66. The highest BCUT2D eigenvalue weighted by Crippen LogP contribution is 2.20. The van der Waals surface area contributed by atoms with Crippen LogP contribution in [0.4, 0.5) is 8.78 Å². The quantitative estimate of drug-likeness (QED) is 0.897. The lowest BCUT2D eigenvalue weighted by atomic mass is 10.1. The monoisotopic (exact) mass is 295 g/mol. The number of halogens is 2. The molecule has 0 spiro atoms. The van der Waals surface area contributed by atoms with Gasteiger partial charge in [0.2, 0.25) is 0 Å². The third-order valence-electron chi connectivity index (χ3n) is 3.05. The minimum Gasteiger partial charge on any atom is -0.386 e. The molecule has 112 valence electrons. The molecule has 0 aliphatic rings. The van der Waals surface area contributed by atoms with Gasteiger partial charge in [0.15, 0.2) is 0 Å². The summed E-state index contributed by atoms with van der Waals surface area (Å²) in [5.74, 6) is -2.17. The highest BCUT2D eigenvalue weighted by atomic mass is 19.1. The average molecular weight is 295 g/mol. The third-order valence-corrected chi connectivity index (χ3v) is 3.05. The Morgan fingerprint density at radius 2 is 2.05 bits per heavy atom. The molecule has 1 aromatic heterocycles. The van der Waals surface area contributed by atoms with Crippen molar-refractivity contribution in [3.05, 3.63) is 52.9 Å². The average Bonchev–Trinajstić information content (AvgIpc) is 2.75. The number of amides is 1. The van der Waals surface area contributed by atoms with Crippen LogP contribution in [0.2, 0.25) is 0 Å². The Labute approximate surface area is 120 Å². The molecule has 1 unspecified atom stereocenters. The molecule has 7 heteroatoms. The van der Waals surface area contributed by atoms with E-state index in [1.54, 1.807) is 14.0 Å². The summed E-state index contributed by atoms with van der Waals surface area (Å²) < 4.78 is 28.5. The Morgan fingerprint density at radius 3 is 2.57 bits per heavy atom. The first-order valence-corrected chi connectivity index (χ1v) is 6.30. The van der Waals surface area contributed by atoms with Crippen LogP contribution in [0.5, 0.6) is 0 Å². The molecule has 0 fully saturated rings. The standard InChI is InChI=1S/C14H15F2N3O2/c1-8-9(7-19(2)18-8)14(21)17-6-12(20)13-10(15)4-3-5-11(13)16/h3-5,7,12,20H,6H2,1-2H3,(H,17,21). The number of hydrogen-bond donors (Lipinski definition) is 2. The van der Waals surface area contributed by atoms with Crippen LogP contribution >= 0.6 is 0 Å². The molecule has 1 atom stereocenters. The summed E-state index contributed by atoms with van der Waals surface area (Å²) in [6, 6.07) is 3.31. The third kappa shape index (κ3) is 3.25. The van der Waals surface area contributed by atoms with Crippen molar-refractivity contribution in [2.24, 2.45) is 7.05 Å². The summed E-state index contributed by atoms with van der Waals surface area (Å²) in [6.45, 7) is 1.37. The molecule has 2 N–H and O–H groups in total. The van der Waals surface area contributed by atoms with Gasteiger partial charge in [0.1, 0.15) is 17.7 Å². The van der Waals surface area contributed by atoms with Crippen LogP contribution in [-0.4, -0.2) is 27.3 Å². The summed E-state index contributed by atoms with van der Waals surface area (Å²) in [5, 5.41) is 16.3. The Kier molecular flexibility index (Phi) is 4.32. The van der Waals surface area contributed by atoms with E-state index in [9.17, 15) is 18.7 Å². The SMILES string of the molecule is Cc1nn(C)cc1C(=O)NCC(O)c1c(F)cccc1F. The molecule has 1 heterocycles. The summed E-state index contributed by atoms with van der Waals surface area (Å²) in [4.78, 5) is 11.9. The van der Waals surface area contributed by atoms with E-state index in [4.69, 9.17) is 0 Å². The fourth-order valence-corrected chi connectivity index (χ4v) is 2.04. The number of carbonyl (C=O) groups excluding carboxylic acids is 1. The van der Waals surface area contributed by atoms with Crippen molar-refractivity contribution in [3.8, 4) is 0 Å². The first-order valence-electron chi connectivity index (χ1n) is 6.30. The second-order valence-electron chi connectivity index (χ2n) is 4.66. The molecule has 2 aromatic rings. The zero-order chi connectivity index (χ0) is 15.6. The van der Waals surface area contributed by atoms with E-state index in [1.165, 1.54) is 16.9 Å². The normalized spacial score (nSPS) is 12.2. The van der Waals surface area contributed by atoms with Gasteiger partial charge in [0.25, 0.3) is 5.91 Å². The molecule has 0 aliphatic carbocycles. The first-order chi connectivity index (χ1) is 9.90. The van der Waals surface area contributed by atoms with Gasteiger partial charge in [-0.1, -0.05) is 6.07 Å². The van der Waals surface area contributed by atoms with E-state index in [2.05, 4.69) is 10.4 Å². The molecule has 2 rings (SSSR count). The first kappa shape index (κ1) is 15.1. The number of aliphatic hydroxyl groups excluding tert-OH is 1. The minimum absolute atomic E-state index is 0.301. The maximum atomic E-state index is 13.5. The predicted octanol–water partition coefficient (Wildman–Crippen LogP) is 1.47. The Hall–Kier alpha value is -2.28. The molecule has 1 amide bonds. The van der Waals surface area contributed by atoms with E-state index in [0.717, 1.165) is 12.1 Å². The number of aromatic nitrogens is 2. The van der Waals surface area contributed by atoms with Gasteiger partial charge in [-0.3, -0.25) is 9.48 Å². The van der Waals surface area contributed by atoms with Gasteiger partial charge in [-0.25, -0.2) is 8.78 Å². The Balaban J connectivity index is 2.06. The fraction of sp³-hybridized carbons (Fsp3) is 0.286. The summed E-state index contributed by atoms with van der Waals surface area (Å²) in [5.41, 5.74) is 0.418. The van der Waals surface area contributed by atoms with Crippen molar-refractivity contribution in [1.82, 2.24) is 15.1 Å². The lowest BCUT2D eigenvalue weighted by molar-refractivity contribution is 0.0910. The molecule has 0 aliphatic heterocycles. The maximum absolute atomic E-state index is 13.5. The van der Waals surface area contributed by atoms with Crippen molar-refractivity contribution in [2.75, 3.05) is 6.54 Å². The number of hydrogen-bond acceptors (Lipinski definition) is 3. The molecule has 5 nitrogen and oxygen atoms in total. The van der Waals surface area contributed by atoms with Crippen LogP contribution in [-0.2, 0) is 7.05 Å². The zero-order valence-electron chi connectivity index (χ0n) is 11.6. The van der Waals surface area contributed by atoms with Gasteiger partial charge in [-0.2, -0.15) is 5.10 Å². The van der Waals surface area contributed by atoms with E-state index < -0.39 is 29.2 Å². The highest BCUT2D eigenvalue weighted by molar-refractivity contribution is 5.95. The van der Waals surface area contributed by atoms with Crippen LogP contribution in [0.1, 0.15) is 27.7 Å². The van der Waals surface area contributed by atoms with Crippen molar-refractivity contribution < 1.29 is 18.7 Å². The van der Waals surface area contributed by atoms with Crippen molar-refractivity contribution in [1.29, 1.82) is 0 Å². The Bertz CT molecular complexity index is 650. The number of aliphatic hydroxyl groups is 1. The molecular weight excluding hydrogens is 280 g/mol. The summed E-state index contributed by atoms with van der Waals surface area (Å²) >= 11 is 0. The summed E-state index contributed by atoms with van der Waals surface area (Å²) in [6.07, 6.45) is 0.0629. The number of nitrogens with zero attached hydrogens (tertiary/aromatic N) is 2. The van der Waals surface area contributed by atoms with Gasteiger partial charge in [0.05, 0.1) is 16.8 Å². The molecule has 0 saturated heterocycles. The smallest absolute Gasteiger partial charge is 0.254 e. The Morgan fingerprint density at radius 1 is 1.43 bits per heavy atom. The molecule has 21 heavy (non-hydrogen) atoms. The molecule has 0 radical (unpaired) electrons. The fourth-order valence-electron chi connectivity index (χ4n) is 2.04. The predicted molar refractivity (Wildman–Crippen MR) is 71.6 cm³/mol. The number of nitrogens with one attached hydrogen (secondary N) is 1. The number of benzene rings is 1. The van der Waals surface area contributed by atoms with Gasteiger partial charge in [-0.15, -0.1) is 0 Å². The number of aryl methyl sites for hydroxylation is 2. The van der Waals surface area contributed by atoms with Gasteiger partial charge >= 0.3 is 0 Å².